The minimum absolute atomic E-state index is 0.198. The van der Waals surface area contributed by atoms with E-state index in [2.05, 4.69) is 52.8 Å². The van der Waals surface area contributed by atoms with E-state index in [1.165, 1.54) is 126 Å². The number of unbranched alkanes of at least 4 members (excludes halogenated alkanes) is 20. The molecule has 242 valence electrons. The van der Waals surface area contributed by atoms with Gasteiger partial charge in [-0.3, -0.25) is 0 Å². The van der Waals surface area contributed by atoms with E-state index in [1.54, 1.807) is 0 Å². The van der Waals surface area contributed by atoms with Gasteiger partial charge in [-0.25, -0.2) is 0 Å². The molecule has 0 bridgehead atoms. The average molecular weight is 595 g/mol. The van der Waals surface area contributed by atoms with Gasteiger partial charge in [-0.2, -0.15) is 0 Å². The molecule has 4 heteroatoms. The van der Waals surface area contributed by atoms with Crippen LogP contribution in [-0.4, -0.2) is 27.0 Å². The molecule has 0 saturated heterocycles. The molecular formula is C37H71O3P. The summed E-state index contributed by atoms with van der Waals surface area (Å²) in [7, 11) is -4.41. The molecule has 0 atom stereocenters. The van der Waals surface area contributed by atoms with Gasteiger partial charge in [0.05, 0.1) is 0 Å². The van der Waals surface area contributed by atoms with E-state index in [1.807, 2.05) is 0 Å². The van der Waals surface area contributed by atoms with Crippen LogP contribution in [0.25, 0.3) is 0 Å². The predicted octanol–water partition coefficient (Wildman–Crippen LogP) is 11.7. The Morgan fingerprint density at radius 3 is 1.29 bits per heavy atom. The summed E-state index contributed by atoms with van der Waals surface area (Å²) in [5.74, 6) is 0. The fourth-order valence-electron chi connectivity index (χ4n) is 6.16. The van der Waals surface area contributed by atoms with Crippen molar-refractivity contribution in [3.63, 3.8) is 0 Å². The maximum absolute atomic E-state index is 10.5. The normalized spacial score (nSPS) is 13.4. The number of hydrogen-bond acceptors (Lipinski definition) is 3. The number of hydrogen-bond donors (Lipinski definition) is 3. The molecule has 0 aliphatic carbocycles. The maximum atomic E-state index is 10.5. The minimum atomic E-state index is -4.41. The van der Waals surface area contributed by atoms with Crippen LogP contribution >= 0.6 is 7.28 Å². The Morgan fingerprint density at radius 1 is 0.537 bits per heavy atom. The molecule has 0 saturated carbocycles. The van der Waals surface area contributed by atoms with E-state index in [0.717, 1.165) is 38.5 Å². The molecule has 1 rings (SSSR count). The van der Waals surface area contributed by atoms with Crippen molar-refractivity contribution in [1.29, 1.82) is 0 Å². The van der Waals surface area contributed by atoms with Crippen LogP contribution in [0, 0.1) is 6.92 Å². The molecule has 3 N–H and O–H groups in total. The molecule has 0 radical (unpaired) electrons. The summed E-state index contributed by atoms with van der Waals surface area (Å²) < 4.78 is 0. The summed E-state index contributed by atoms with van der Waals surface area (Å²) in [4.78, 5) is 31.4. The molecule has 3 nitrogen and oxygen atoms in total. The molecule has 0 amide bonds. The first-order chi connectivity index (χ1) is 19.4. The Morgan fingerprint density at radius 2 is 0.902 bits per heavy atom. The van der Waals surface area contributed by atoms with E-state index in [9.17, 15) is 14.7 Å². The van der Waals surface area contributed by atoms with Crippen molar-refractivity contribution in [2.24, 2.45) is 0 Å². The van der Waals surface area contributed by atoms with Gasteiger partial charge in [0, 0.05) is 0 Å². The second-order valence-corrected chi connectivity index (χ2v) is 17.9. The van der Waals surface area contributed by atoms with Crippen LogP contribution in [0.1, 0.15) is 186 Å². The Kier molecular flexibility index (Phi) is 20.0. The topological polar surface area (TPSA) is 60.7 Å². The Bertz CT molecular complexity index is 775. The number of benzene rings is 1. The standard InChI is InChI=1S/C37H71O3P/c1-6-7-8-9-10-11-14-17-20-23-26-31-41(38,39,40)32-27-24-21-18-15-12-13-16-19-22-25-28-35-30-29-34(2)33-36(35)37(3,4)5/h29-30,33,38-40H,6-28,31-32H2,1-5H3. The molecular weight excluding hydrogens is 523 g/mol. The van der Waals surface area contributed by atoms with Crippen LogP contribution < -0.4 is 0 Å². The molecule has 0 aliphatic rings. The van der Waals surface area contributed by atoms with Gasteiger partial charge in [0.1, 0.15) is 0 Å². The fraction of sp³-hybridized carbons (Fsp3) is 0.838. The SMILES string of the molecule is CCCCCCCCCCCCCP(O)(O)(O)CCCCCCCCCCCCCc1ccc(C)cc1C(C)(C)C. The summed E-state index contributed by atoms with van der Waals surface area (Å²) >= 11 is 0. The van der Waals surface area contributed by atoms with E-state index < -0.39 is 7.28 Å². The number of rotatable bonds is 26. The molecule has 0 fully saturated rings. The first-order valence-corrected chi connectivity index (χ1v) is 20.2. The summed E-state index contributed by atoms with van der Waals surface area (Å²) in [6.45, 7) is 11.4. The summed E-state index contributed by atoms with van der Waals surface area (Å²) in [5, 5.41) is 0. The van der Waals surface area contributed by atoms with Crippen molar-refractivity contribution < 1.29 is 14.7 Å². The van der Waals surface area contributed by atoms with Gasteiger partial charge in [-0.15, -0.1) is 0 Å². The molecule has 1 aromatic rings. The van der Waals surface area contributed by atoms with E-state index in [0.29, 0.717) is 0 Å². The van der Waals surface area contributed by atoms with Gasteiger partial charge in [0.15, 0.2) is 0 Å². The first-order valence-electron chi connectivity index (χ1n) is 17.8. The third-order valence-corrected chi connectivity index (χ3v) is 11.3. The van der Waals surface area contributed by atoms with Crippen molar-refractivity contribution in [3.05, 3.63) is 34.9 Å². The second-order valence-electron chi connectivity index (χ2n) is 14.4. The summed E-state index contributed by atoms with van der Waals surface area (Å²) in [6.07, 6.45) is 28.4. The van der Waals surface area contributed by atoms with Gasteiger partial charge in [0.2, 0.25) is 0 Å². The quantitative estimate of drug-likeness (QED) is 0.0738. The number of aryl methyl sites for hydroxylation is 2. The molecule has 0 spiro atoms. The monoisotopic (exact) mass is 595 g/mol. The van der Waals surface area contributed by atoms with Gasteiger partial charge >= 0.3 is 176 Å². The first kappa shape index (κ1) is 38.6. The Balaban J connectivity index is 1.96. The zero-order valence-corrected chi connectivity index (χ0v) is 29.1. The smallest absolute Gasteiger partial charge is 0.0590 e. The van der Waals surface area contributed by atoms with E-state index in [4.69, 9.17) is 0 Å². The van der Waals surface area contributed by atoms with Crippen molar-refractivity contribution in [1.82, 2.24) is 0 Å². The third-order valence-electron chi connectivity index (χ3n) is 8.86. The minimum Gasteiger partial charge on any atom is -0.0590 e. The molecule has 1 aromatic carbocycles. The average Bonchev–Trinajstić information content (AvgIpc) is 2.89. The third kappa shape index (κ3) is 21.0. The molecule has 0 aliphatic heterocycles. The predicted molar refractivity (Wildman–Crippen MR) is 184 cm³/mol. The van der Waals surface area contributed by atoms with Gasteiger partial charge in [0.25, 0.3) is 0 Å². The van der Waals surface area contributed by atoms with Crippen molar-refractivity contribution >= 4 is 7.28 Å². The zero-order valence-electron chi connectivity index (χ0n) is 28.2. The van der Waals surface area contributed by atoms with Crippen LogP contribution in [0.15, 0.2) is 18.2 Å². The van der Waals surface area contributed by atoms with Crippen LogP contribution in [0.4, 0.5) is 0 Å². The molecule has 0 unspecified atom stereocenters. The summed E-state index contributed by atoms with van der Waals surface area (Å²) in [6, 6.07) is 6.99. The van der Waals surface area contributed by atoms with Gasteiger partial charge < -0.3 is 0 Å². The van der Waals surface area contributed by atoms with Crippen LogP contribution in [0.5, 0.6) is 0 Å². The fourth-order valence-corrected chi connectivity index (χ4v) is 8.13. The van der Waals surface area contributed by atoms with E-state index >= 15 is 0 Å². The van der Waals surface area contributed by atoms with Crippen LogP contribution in [-0.2, 0) is 11.8 Å². The second kappa shape index (κ2) is 21.3. The van der Waals surface area contributed by atoms with Crippen LogP contribution in [0.3, 0.4) is 0 Å². The Labute approximate surface area is 256 Å². The Hall–Kier alpha value is -0.470. The molecule has 41 heavy (non-hydrogen) atoms. The van der Waals surface area contributed by atoms with Crippen molar-refractivity contribution in [3.8, 4) is 0 Å². The van der Waals surface area contributed by atoms with Crippen LogP contribution in [0.2, 0.25) is 0 Å². The van der Waals surface area contributed by atoms with E-state index in [-0.39, 0.29) is 17.7 Å². The molecule has 0 heterocycles. The van der Waals surface area contributed by atoms with Crippen molar-refractivity contribution in [2.45, 2.75) is 188 Å². The molecule has 0 aromatic heterocycles. The zero-order chi connectivity index (χ0) is 30.5. The van der Waals surface area contributed by atoms with Gasteiger partial charge in [-0.05, 0) is 29.9 Å². The van der Waals surface area contributed by atoms with Crippen molar-refractivity contribution in [2.75, 3.05) is 12.3 Å². The summed E-state index contributed by atoms with van der Waals surface area (Å²) in [5.41, 5.74) is 4.63. The van der Waals surface area contributed by atoms with Gasteiger partial charge in [-0.1, -0.05) is 51.5 Å².